The topological polar surface area (TPSA) is 108 Å². The molecular formula is C78H157N2O6P. The van der Waals surface area contributed by atoms with Crippen LogP contribution in [0.4, 0.5) is 0 Å². The monoisotopic (exact) mass is 1250 g/mol. The van der Waals surface area contributed by atoms with Crippen LogP contribution in [0.3, 0.4) is 0 Å². The summed E-state index contributed by atoms with van der Waals surface area (Å²) in [6.07, 6.45) is 91.0. The van der Waals surface area contributed by atoms with Crippen molar-refractivity contribution in [2.45, 2.75) is 443 Å². The van der Waals surface area contributed by atoms with Gasteiger partial charge in [-0.3, -0.25) is 9.36 Å². The number of phosphoric ester groups is 1. The molecule has 8 nitrogen and oxygen atoms in total. The molecule has 0 saturated heterocycles. The van der Waals surface area contributed by atoms with E-state index in [2.05, 4.69) is 19.2 Å². The summed E-state index contributed by atoms with van der Waals surface area (Å²) in [5.41, 5.74) is 0. The van der Waals surface area contributed by atoms with E-state index in [1.165, 1.54) is 372 Å². The molecule has 0 aromatic heterocycles. The number of nitrogens with one attached hydrogen (secondary N) is 1. The van der Waals surface area contributed by atoms with E-state index in [9.17, 15) is 19.4 Å². The van der Waals surface area contributed by atoms with Crippen molar-refractivity contribution < 1.29 is 32.9 Å². The third-order valence-electron chi connectivity index (χ3n) is 18.7. The molecule has 0 radical (unpaired) electrons. The maximum Gasteiger partial charge on any atom is 0.268 e. The molecule has 520 valence electrons. The van der Waals surface area contributed by atoms with E-state index >= 15 is 0 Å². The summed E-state index contributed by atoms with van der Waals surface area (Å²) in [4.78, 5) is 25.7. The lowest BCUT2D eigenvalue weighted by Crippen LogP contribution is -2.45. The summed E-state index contributed by atoms with van der Waals surface area (Å²) in [7, 11) is 1.29. The van der Waals surface area contributed by atoms with Crippen molar-refractivity contribution in [3.8, 4) is 0 Å². The lowest BCUT2D eigenvalue weighted by atomic mass is 10.0. The van der Waals surface area contributed by atoms with Crippen LogP contribution in [0.25, 0.3) is 0 Å². The van der Waals surface area contributed by atoms with Gasteiger partial charge in [0.2, 0.25) is 5.91 Å². The highest BCUT2D eigenvalue weighted by Crippen LogP contribution is 2.38. The van der Waals surface area contributed by atoms with Crippen LogP contribution in [0.1, 0.15) is 431 Å². The number of aliphatic hydroxyl groups excluding tert-OH is 1. The van der Waals surface area contributed by atoms with Crippen molar-refractivity contribution in [3.05, 3.63) is 12.2 Å². The van der Waals surface area contributed by atoms with Crippen LogP contribution in [0.2, 0.25) is 0 Å². The Kier molecular flexibility index (Phi) is 69.0. The van der Waals surface area contributed by atoms with Crippen molar-refractivity contribution in [1.29, 1.82) is 0 Å². The van der Waals surface area contributed by atoms with Crippen molar-refractivity contribution >= 4 is 13.7 Å². The summed E-state index contributed by atoms with van der Waals surface area (Å²) < 4.78 is 23.5. The van der Waals surface area contributed by atoms with E-state index in [0.717, 1.165) is 38.5 Å². The van der Waals surface area contributed by atoms with Crippen LogP contribution >= 0.6 is 7.82 Å². The molecular weight excluding hydrogens is 1090 g/mol. The predicted octanol–water partition coefficient (Wildman–Crippen LogP) is 25.0. The standard InChI is InChI=1S/C78H157N2O6P/c1-6-8-10-12-14-16-18-20-22-24-26-28-30-32-34-36-37-38-39-40-41-42-44-46-48-50-52-54-56-58-60-62-64-66-68-70-72-78(82)79-76(75-86-87(83,84)85-74-73-80(3,4)5)77(81)71-69-67-65-63-61-59-57-55-53-51-49-47-45-43-35-33-31-29-27-25-23-21-19-17-15-13-11-9-7-2/h69,71,76-77,81H,6-68,70,72-75H2,1-5H3,(H-,79,82,83,84)/b71-69+. The van der Waals surface area contributed by atoms with E-state index in [-0.39, 0.29) is 19.1 Å². The SMILES string of the molecule is CCCCCCCCCCCCCCCCCCCCCCCCCCCCC/C=C/C(O)C(COP(=O)([O-])OCC[N+](C)(C)C)NC(=O)CCCCCCCCCCCCCCCCCCCCCCCCCCCCCCCCCCCCCC. The molecule has 9 heteroatoms. The molecule has 0 aliphatic rings. The van der Waals surface area contributed by atoms with E-state index in [4.69, 9.17) is 9.05 Å². The minimum Gasteiger partial charge on any atom is -0.756 e. The number of rotatable bonds is 75. The Morgan fingerprint density at radius 3 is 0.862 bits per heavy atom. The molecule has 0 aliphatic heterocycles. The third-order valence-corrected chi connectivity index (χ3v) is 19.7. The predicted molar refractivity (Wildman–Crippen MR) is 381 cm³/mol. The molecule has 0 aromatic rings. The molecule has 87 heavy (non-hydrogen) atoms. The highest BCUT2D eigenvalue weighted by molar-refractivity contribution is 7.45. The van der Waals surface area contributed by atoms with Gasteiger partial charge in [0.25, 0.3) is 7.82 Å². The second-order valence-corrected chi connectivity index (χ2v) is 30.2. The number of hydrogen-bond donors (Lipinski definition) is 2. The first-order chi connectivity index (χ1) is 42.5. The molecule has 3 unspecified atom stereocenters. The zero-order valence-electron chi connectivity index (χ0n) is 59.8. The van der Waals surface area contributed by atoms with Gasteiger partial charge in [-0.25, -0.2) is 0 Å². The van der Waals surface area contributed by atoms with Crippen molar-refractivity contribution in [2.75, 3.05) is 40.9 Å². The first kappa shape index (κ1) is 86.2. The van der Waals surface area contributed by atoms with Gasteiger partial charge in [-0.2, -0.15) is 0 Å². The minimum absolute atomic E-state index is 0.00315. The maximum atomic E-state index is 13.1. The number of unbranched alkanes of at least 4 members (excludes halogenated alkanes) is 62. The lowest BCUT2D eigenvalue weighted by Gasteiger charge is -2.29. The molecule has 0 heterocycles. The Morgan fingerprint density at radius 2 is 0.621 bits per heavy atom. The largest absolute Gasteiger partial charge is 0.756 e. The number of hydrogen-bond acceptors (Lipinski definition) is 6. The average Bonchev–Trinajstić information content (AvgIpc) is 3.70. The molecule has 0 saturated carbocycles. The van der Waals surface area contributed by atoms with Crippen LogP contribution in [-0.2, 0) is 18.4 Å². The first-order valence-electron chi connectivity index (χ1n) is 39.6. The summed E-state index contributed by atoms with van der Waals surface area (Å²) >= 11 is 0. The van der Waals surface area contributed by atoms with Crippen LogP contribution < -0.4 is 10.2 Å². The molecule has 1 amide bonds. The number of carbonyl (C=O) groups excluding carboxylic acids is 1. The summed E-state index contributed by atoms with van der Waals surface area (Å²) in [5.74, 6) is -0.186. The van der Waals surface area contributed by atoms with Crippen LogP contribution in [-0.4, -0.2) is 68.5 Å². The Labute approximate surface area is 545 Å². The molecule has 0 aliphatic carbocycles. The quantitative estimate of drug-likeness (QED) is 0.0272. The fraction of sp³-hybridized carbons (Fsp3) is 0.962. The summed E-state index contributed by atoms with van der Waals surface area (Å²) in [6.45, 7) is 4.73. The van der Waals surface area contributed by atoms with Gasteiger partial charge >= 0.3 is 0 Å². The molecule has 0 fully saturated rings. The molecule has 0 aromatic carbocycles. The van der Waals surface area contributed by atoms with Crippen molar-refractivity contribution in [1.82, 2.24) is 5.32 Å². The number of nitrogens with zero attached hydrogens (tertiary/aromatic N) is 1. The number of carbonyl (C=O) groups is 1. The second-order valence-electron chi connectivity index (χ2n) is 28.8. The molecule has 2 N–H and O–H groups in total. The number of likely N-dealkylation sites (N-methyl/N-ethyl adjacent to an activating group) is 1. The van der Waals surface area contributed by atoms with E-state index in [0.29, 0.717) is 17.4 Å². The van der Waals surface area contributed by atoms with Gasteiger partial charge < -0.3 is 28.8 Å². The lowest BCUT2D eigenvalue weighted by molar-refractivity contribution is -0.870. The molecule has 0 spiro atoms. The zero-order chi connectivity index (χ0) is 63.4. The fourth-order valence-electron chi connectivity index (χ4n) is 12.6. The van der Waals surface area contributed by atoms with Crippen molar-refractivity contribution in [2.24, 2.45) is 0 Å². The number of amides is 1. The highest BCUT2D eigenvalue weighted by Gasteiger charge is 2.23. The Morgan fingerprint density at radius 1 is 0.391 bits per heavy atom. The number of aliphatic hydroxyl groups is 1. The average molecular weight is 1250 g/mol. The van der Waals surface area contributed by atoms with E-state index < -0.39 is 20.0 Å². The summed E-state index contributed by atoms with van der Waals surface area (Å²) in [6, 6.07) is -0.885. The first-order valence-corrected chi connectivity index (χ1v) is 41.0. The number of phosphoric acid groups is 1. The van der Waals surface area contributed by atoms with Gasteiger partial charge in [0.15, 0.2) is 0 Å². The van der Waals surface area contributed by atoms with Gasteiger partial charge in [-0.1, -0.05) is 418 Å². The van der Waals surface area contributed by atoms with Gasteiger partial charge in [-0.05, 0) is 19.3 Å². The van der Waals surface area contributed by atoms with Crippen LogP contribution in [0, 0.1) is 0 Å². The van der Waals surface area contributed by atoms with Gasteiger partial charge in [0.05, 0.1) is 39.9 Å². The highest BCUT2D eigenvalue weighted by atomic mass is 31.2. The molecule has 3 atom stereocenters. The Hall–Kier alpha value is -0.760. The van der Waals surface area contributed by atoms with Gasteiger partial charge in [0.1, 0.15) is 13.2 Å². The summed E-state index contributed by atoms with van der Waals surface area (Å²) in [5, 5.41) is 14.0. The van der Waals surface area contributed by atoms with E-state index in [1.54, 1.807) is 6.08 Å². The minimum atomic E-state index is -4.60. The van der Waals surface area contributed by atoms with Crippen molar-refractivity contribution in [3.63, 3.8) is 0 Å². The molecule has 0 bridgehead atoms. The van der Waals surface area contributed by atoms with Crippen LogP contribution in [0.15, 0.2) is 12.2 Å². The smallest absolute Gasteiger partial charge is 0.268 e. The van der Waals surface area contributed by atoms with E-state index in [1.807, 2.05) is 27.2 Å². The normalized spacial score (nSPS) is 13.5. The van der Waals surface area contributed by atoms with Crippen LogP contribution in [0.5, 0.6) is 0 Å². The second kappa shape index (κ2) is 69.6. The Bertz CT molecular complexity index is 1420. The Balaban J connectivity index is 3.93. The molecule has 0 rings (SSSR count). The number of quaternary nitrogens is 1. The third kappa shape index (κ3) is 72.5. The fourth-order valence-corrected chi connectivity index (χ4v) is 13.4. The van der Waals surface area contributed by atoms with Gasteiger partial charge in [0, 0.05) is 6.42 Å². The zero-order valence-corrected chi connectivity index (χ0v) is 60.7. The number of allylic oxidation sites excluding steroid dienone is 1. The van der Waals surface area contributed by atoms with Gasteiger partial charge in [-0.15, -0.1) is 0 Å². The maximum absolute atomic E-state index is 13.1.